The Labute approximate surface area is 170 Å². The van der Waals surface area contributed by atoms with Crippen LogP contribution in [0.15, 0.2) is 81.6 Å². The number of nitro groups is 2. The molecule has 3 rings (SSSR count). The summed E-state index contributed by atoms with van der Waals surface area (Å²) in [5.41, 5.74) is 4.96. The van der Waals surface area contributed by atoms with Crippen LogP contribution in [0.3, 0.4) is 0 Å². The number of nitro benzene ring substituents is 2. The summed E-state index contributed by atoms with van der Waals surface area (Å²) >= 11 is 1.33. The van der Waals surface area contributed by atoms with Gasteiger partial charge in [-0.3, -0.25) is 25.7 Å². The van der Waals surface area contributed by atoms with Gasteiger partial charge >= 0.3 is 0 Å². The first-order chi connectivity index (χ1) is 13.9. The van der Waals surface area contributed by atoms with Crippen LogP contribution in [0.4, 0.5) is 17.1 Å². The lowest BCUT2D eigenvalue weighted by molar-refractivity contribution is -0.387. The summed E-state index contributed by atoms with van der Waals surface area (Å²) in [4.78, 5) is 22.7. The second-order valence-corrected chi connectivity index (χ2v) is 7.19. The maximum atomic E-state index is 11.5. The van der Waals surface area contributed by atoms with Crippen molar-refractivity contribution in [2.24, 2.45) is 5.10 Å². The molecule has 1 N–H and O–H groups in total. The van der Waals surface area contributed by atoms with Crippen LogP contribution in [0.5, 0.6) is 0 Å². The van der Waals surface area contributed by atoms with Gasteiger partial charge in [0.1, 0.15) is 0 Å². The van der Waals surface area contributed by atoms with Gasteiger partial charge in [0.2, 0.25) is 0 Å². The van der Waals surface area contributed by atoms with E-state index in [4.69, 9.17) is 0 Å². The predicted molar refractivity (Wildman–Crippen MR) is 113 cm³/mol. The molecule has 0 saturated carbocycles. The van der Waals surface area contributed by atoms with Crippen molar-refractivity contribution in [3.8, 4) is 0 Å². The van der Waals surface area contributed by atoms with E-state index in [2.05, 4.69) is 10.5 Å². The highest BCUT2D eigenvalue weighted by Crippen LogP contribution is 2.35. The van der Waals surface area contributed by atoms with Gasteiger partial charge in [0, 0.05) is 28.7 Å². The summed E-state index contributed by atoms with van der Waals surface area (Å²) in [6.45, 7) is 1.98. The molecule has 0 bridgehead atoms. The molecule has 0 aromatic heterocycles. The van der Waals surface area contributed by atoms with E-state index in [0.29, 0.717) is 16.1 Å². The van der Waals surface area contributed by atoms with Gasteiger partial charge in [0.15, 0.2) is 0 Å². The van der Waals surface area contributed by atoms with Gasteiger partial charge < -0.3 is 0 Å². The normalized spacial score (nSPS) is 10.8. The lowest BCUT2D eigenvalue weighted by atomic mass is 10.2. The van der Waals surface area contributed by atoms with E-state index >= 15 is 0 Å². The smallest absolute Gasteiger partial charge is 0.278 e. The van der Waals surface area contributed by atoms with Crippen molar-refractivity contribution in [2.75, 3.05) is 5.43 Å². The zero-order chi connectivity index (χ0) is 20.8. The fourth-order valence-electron chi connectivity index (χ4n) is 2.42. The molecule has 8 nitrogen and oxygen atoms in total. The average Bonchev–Trinajstić information content (AvgIpc) is 2.71. The topological polar surface area (TPSA) is 111 Å². The first kappa shape index (κ1) is 20.0. The molecule has 0 aliphatic carbocycles. The van der Waals surface area contributed by atoms with E-state index in [1.54, 1.807) is 12.1 Å². The van der Waals surface area contributed by atoms with Gasteiger partial charge in [0.05, 0.1) is 26.6 Å². The van der Waals surface area contributed by atoms with Crippen molar-refractivity contribution in [1.29, 1.82) is 0 Å². The molecule has 0 atom stereocenters. The van der Waals surface area contributed by atoms with Crippen LogP contribution in [0.25, 0.3) is 0 Å². The number of nitrogens with one attached hydrogen (secondary N) is 1. The van der Waals surface area contributed by atoms with E-state index in [1.807, 2.05) is 31.2 Å². The first-order valence-corrected chi connectivity index (χ1v) is 9.30. The summed E-state index contributed by atoms with van der Waals surface area (Å²) in [6.07, 6.45) is 1.45. The van der Waals surface area contributed by atoms with Gasteiger partial charge in [0.25, 0.3) is 11.4 Å². The van der Waals surface area contributed by atoms with Crippen LogP contribution in [0, 0.1) is 27.2 Å². The summed E-state index contributed by atoms with van der Waals surface area (Å²) < 4.78 is 0. The largest absolute Gasteiger partial charge is 0.283 e. The Morgan fingerprint density at radius 1 is 0.931 bits per heavy atom. The van der Waals surface area contributed by atoms with Crippen LogP contribution < -0.4 is 5.43 Å². The van der Waals surface area contributed by atoms with Crippen LogP contribution in [0.2, 0.25) is 0 Å². The summed E-state index contributed by atoms with van der Waals surface area (Å²) in [5, 5.41) is 26.2. The minimum Gasteiger partial charge on any atom is -0.278 e. The number of rotatable bonds is 7. The SMILES string of the molecule is Cc1ccc(Sc2ccc(/C=N/Nc3ccc([N+](=O)[O-])cc3)cc2[N+](=O)[O-])cc1. The van der Waals surface area contributed by atoms with Crippen molar-refractivity contribution in [1.82, 2.24) is 0 Å². The Morgan fingerprint density at radius 3 is 2.24 bits per heavy atom. The Morgan fingerprint density at radius 2 is 1.62 bits per heavy atom. The Balaban J connectivity index is 1.73. The van der Waals surface area contributed by atoms with Crippen LogP contribution in [-0.2, 0) is 0 Å². The molecule has 0 aliphatic heterocycles. The minimum atomic E-state index is -0.484. The second-order valence-electron chi connectivity index (χ2n) is 6.07. The van der Waals surface area contributed by atoms with Gasteiger partial charge in [-0.15, -0.1) is 0 Å². The third-order valence-electron chi connectivity index (χ3n) is 3.91. The molecule has 0 unspecified atom stereocenters. The Bertz CT molecular complexity index is 1070. The third kappa shape index (κ3) is 5.39. The molecule has 0 aliphatic rings. The molecular weight excluding hydrogens is 392 g/mol. The number of aryl methyl sites for hydroxylation is 1. The maximum Gasteiger partial charge on any atom is 0.283 e. The number of hydrazone groups is 1. The minimum absolute atomic E-state index is 0.00476. The van der Waals surface area contributed by atoms with Crippen molar-refractivity contribution in [2.45, 2.75) is 16.7 Å². The van der Waals surface area contributed by atoms with Crippen LogP contribution >= 0.6 is 11.8 Å². The van der Waals surface area contributed by atoms with E-state index in [-0.39, 0.29) is 11.4 Å². The molecule has 3 aromatic carbocycles. The molecule has 0 fully saturated rings. The maximum absolute atomic E-state index is 11.5. The third-order valence-corrected chi connectivity index (χ3v) is 4.99. The van der Waals surface area contributed by atoms with Gasteiger partial charge in [-0.1, -0.05) is 35.5 Å². The number of hydrogen-bond donors (Lipinski definition) is 1. The highest BCUT2D eigenvalue weighted by Gasteiger charge is 2.15. The number of anilines is 1. The molecule has 0 spiro atoms. The zero-order valence-electron chi connectivity index (χ0n) is 15.3. The number of nitrogens with zero attached hydrogens (tertiary/aromatic N) is 3. The van der Waals surface area contributed by atoms with E-state index < -0.39 is 9.85 Å². The molecule has 0 amide bonds. The molecule has 9 heteroatoms. The van der Waals surface area contributed by atoms with Crippen molar-refractivity contribution in [3.05, 3.63) is 98.1 Å². The predicted octanol–water partition coefficient (Wildman–Crippen LogP) is 5.41. The number of hydrogen-bond acceptors (Lipinski definition) is 7. The molecule has 0 radical (unpaired) electrons. The number of benzene rings is 3. The molecule has 0 heterocycles. The number of non-ortho nitro benzene ring substituents is 1. The van der Waals surface area contributed by atoms with E-state index in [9.17, 15) is 20.2 Å². The van der Waals surface area contributed by atoms with E-state index in [1.165, 1.54) is 48.3 Å². The fraction of sp³-hybridized carbons (Fsp3) is 0.0500. The summed E-state index contributed by atoms with van der Waals surface area (Å²) in [5.74, 6) is 0. The Kier molecular flexibility index (Phi) is 6.20. The van der Waals surface area contributed by atoms with Crippen molar-refractivity contribution in [3.63, 3.8) is 0 Å². The quantitative estimate of drug-likeness (QED) is 0.318. The molecule has 0 saturated heterocycles. The van der Waals surface area contributed by atoms with Crippen LogP contribution in [-0.4, -0.2) is 16.1 Å². The highest BCUT2D eigenvalue weighted by atomic mass is 32.2. The Hall–Kier alpha value is -3.72. The lowest BCUT2D eigenvalue weighted by Gasteiger charge is -2.05. The lowest BCUT2D eigenvalue weighted by Crippen LogP contribution is -1.95. The van der Waals surface area contributed by atoms with Crippen molar-refractivity contribution >= 4 is 35.0 Å². The molecule has 29 heavy (non-hydrogen) atoms. The zero-order valence-corrected chi connectivity index (χ0v) is 16.1. The molecule has 3 aromatic rings. The second kappa shape index (κ2) is 8.98. The average molecular weight is 408 g/mol. The van der Waals surface area contributed by atoms with E-state index in [0.717, 1.165) is 10.5 Å². The first-order valence-electron chi connectivity index (χ1n) is 8.49. The molecular formula is C20H16N4O4S. The summed E-state index contributed by atoms with van der Waals surface area (Å²) in [7, 11) is 0. The molecule has 146 valence electrons. The van der Waals surface area contributed by atoms with Gasteiger partial charge in [-0.25, -0.2) is 0 Å². The monoisotopic (exact) mass is 408 g/mol. The van der Waals surface area contributed by atoms with Crippen LogP contribution in [0.1, 0.15) is 11.1 Å². The highest BCUT2D eigenvalue weighted by molar-refractivity contribution is 7.99. The van der Waals surface area contributed by atoms with Gasteiger partial charge in [-0.05, 0) is 37.3 Å². The summed E-state index contributed by atoms with van der Waals surface area (Å²) in [6, 6.07) is 18.4. The standard InChI is InChI=1S/C20H16N4O4S/c1-14-2-9-18(10-3-14)29-20-11-4-15(12-19(20)24(27)28)13-21-22-16-5-7-17(8-6-16)23(25)26/h2-13,22H,1H3/b21-13+. The van der Waals surface area contributed by atoms with Crippen molar-refractivity contribution < 1.29 is 9.85 Å². The fourth-order valence-corrected chi connectivity index (χ4v) is 3.32. The van der Waals surface area contributed by atoms with Gasteiger partial charge in [-0.2, -0.15) is 5.10 Å².